The predicted octanol–water partition coefficient (Wildman–Crippen LogP) is 3.22. The lowest BCUT2D eigenvalue weighted by Gasteiger charge is -2.14. The van der Waals surface area contributed by atoms with E-state index in [1.165, 1.54) is 32.5 Å². The van der Waals surface area contributed by atoms with Crippen molar-refractivity contribution in [3.8, 4) is 6.07 Å². The van der Waals surface area contributed by atoms with E-state index in [0.717, 1.165) is 23.1 Å². The second-order valence-corrected chi connectivity index (χ2v) is 5.59. The van der Waals surface area contributed by atoms with Crippen LogP contribution in [0.2, 0.25) is 0 Å². The number of likely N-dealkylation sites (tertiary alicyclic amines) is 1. The van der Waals surface area contributed by atoms with E-state index in [9.17, 15) is 0 Å². The van der Waals surface area contributed by atoms with Crippen LogP contribution in [0.4, 0.5) is 5.69 Å². The Morgan fingerprint density at radius 1 is 1.28 bits per heavy atom. The third-order valence-corrected chi connectivity index (χ3v) is 3.66. The zero-order valence-electron chi connectivity index (χ0n) is 10.5. The number of nitrogens with zero attached hydrogens (tertiary/aromatic N) is 2. The van der Waals surface area contributed by atoms with Crippen molar-refractivity contribution in [2.75, 3.05) is 31.5 Å². The van der Waals surface area contributed by atoms with E-state index in [1.54, 1.807) is 0 Å². The van der Waals surface area contributed by atoms with Crippen molar-refractivity contribution in [3.05, 3.63) is 28.2 Å². The first-order valence-corrected chi connectivity index (χ1v) is 7.24. The van der Waals surface area contributed by atoms with Crippen molar-refractivity contribution in [1.82, 2.24) is 4.90 Å². The molecule has 0 atom stereocenters. The molecule has 18 heavy (non-hydrogen) atoms. The molecular formula is C14H18BrN3. The Morgan fingerprint density at radius 3 is 2.78 bits per heavy atom. The number of nitriles is 1. The van der Waals surface area contributed by atoms with Gasteiger partial charge in [0, 0.05) is 16.7 Å². The Labute approximate surface area is 117 Å². The van der Waals surface area contributed by atoms with E-state index in [1.807, 2.05) is 18.2 Å². The fraction of sp³-hybridized carbons (Fsp3) is 0.500. The van der Waals surface area contributed by atoms with Crippen LogP contribution in [0, 0.1) is 11.3 Å². The third-order valence-electron chi connectivity index (χ3n) is 3.21. The molecule has 4 heteroatoms. The number of hydrogen-bond acceptors (Lipinski definition) is 3. The fourth-order valence-corrected chi connectivity index (χ4v) is 2.79. The molecule has 0 aliphatic carbocycles. The minimum atomic E-state index is 0.686. The summed E-state index contributed by atoms with van der Waals surface area (Å²) in [7, 11) is 0. The average Bonchev–Trinajstić information content (AvgIpc) is 2.87. The first kappa shape index (κ1) is 13.4. The van der Waals surface area contributed by atoms with E-state index in [4.69, 9.17) is 5.26 Å². The van der Waals surface area contributed by atoms with Crippen molar-refractivity contribution in [2.45, 2.75) is 19.3 Å². The Kier molecular flexibility index (Phi) is 5.03. The minimum Gasteiger partial charge on any atom is -0.385 e. The minimum absolute atomic E-state index is 0.686. The van der Waals surface area contributed by atoms with Gasteiger partial charge in [0.15, 0.2) is 0 Å². The maximum absolute atomic E-state index is 8.90. The quantitative estimate of drug-likeness (QED) is 0.849. The van der Waals surface area contributed by atoms with Gasteiger partial charge in [-0.15, -0.1) is 0 Å². The van der Waals surface area contributed by atoms with Crippen LogP contribution in [0.5, 0.6) is 0 Å². The Hall–Kier alpha value is -1.05. The fourth-order valence-electron chi connectivity index (χ4n) is 2.30. The van der Waals surface area contributed by atoms with Crippen LogP contribution in [0.15, 0.2) is 22.7 Å². The van der Waals surface area contributed by atoms with Crippen LogP contribution in [-0.2, 0) is 0 Å². The molecule has 1 fully saturated rings. The first-order valence-electron chi connectivity index (χ1n) is 6.45. The lowest BCUT2D eigenvalue weighted by molar-refractivity contribution is 0.337. The topological polar surface area (TPSA) is 39.1 Å². The highest BCUT2D eigenvalue weighted by molar-refractivity contribution is 9.10. The molecule has 0 radical (unpaired) electrons. The molecule has 0 spiro atoms. The van der Waals surface area contributed by atoms with Gasteiger partial charge in [0.1, 0.15) is 0 Å². The molecule has 2 rings (SSSR count). The van der Waals surface area contributed by atoms with Gasteiger partial charge in [0.25, 0.3) is 0 Å². The summed E-state index contributed by atoms with van der Waals surface area (Å²) in [4.78, 5) is 2.52. The van der Waals surface area contributed by atoms with E-state index in [0.29, 0.717) is 5.56 Å². The Morgan fingerprint density at radius 2 is 2.06 bits per heavy atom. The summed E-state index contributed by atoms with van der Waals surface area (Å²) in [6, 6.07) is 7.89. The van der Waals surface area contributed by atoms with Crippen LogP contribution in [0.3, 0.4) is 0 Å². The van der Waals surface area contributed by atoms with Gasteiger partial charge in [-0.05, 0) is 57.1 Å². The van der Waals surface area contributed by atoms with Crippen LogP contribution in [-0.4, -0.2) is 31.1 Å². The number of anilines is 1. The van der Waals surface area contributed by atoms with E-state index < -0.39 is 0 Å². The number of rotatable bonds is 5. The second-order valence-electron chi connectivity index (χ2n) is 4.67. The Balaban J connectivity index is 1.75. The molecule has 0 unspecified atom stereocenters. The summed E-state index contributed by atoms with van der Waals surface area (Å²) >= 11 is 3.42. The van der Waals surface area contributed by atoms with Gasteiger partial charge in [0.05, 0.1) is 11.6 Å². The van der Waals surface area contributed by atoms with Crippen LogP contribution in [0.1, 0.15) is 24.8 Å². The number of halogens is 1. The second kappa shape index (κ2) is 6.77. The highest BCUT2D eigenvalue weighted by Crippen LogP contribution is 2.19. The van der Waals surface area contributed by atoms with Gasteiger partial charge in [-0.2, -0.15) is 5.26 Å². The zero-order chi connectivity index (χ0) is 12.8. The molecule has 3 nitrogen and oxygen atoms in total. The van der Waals surface area contributed by atoms with Crippen molar-refractivity contribution in [1.29, 1.82) is 5.26 Å². The van der Waals surface area contributed by atoms with Crippen molar-refractivity contribution >= 4 is 21.6 Å². The molecule has 1 aliphatic heterocycles. The standard InChI is InChI=1S/C14H18BrN3/c15-13-8-12(11-16)9-14(10-13)17-4-3-7-18-5-1-2-6-18/h8-10,17H,1-7H2. The van der Waals surface area contributed by atoms with Gasteiger partial charge in [-0.1, -0.05) is 15.9 Å². The smallest absolute Gasteiger partial charge is 0.0992 e. The Bertz CT molecular complexity index is 433. The summed E-state index contributed by atoms with van der Waals surface area (Å²) < 4.78 is 0.948. The van der Waals surface area contributed by atoms with Crippen LogP contribution < -0.4 is 5.32 Å². The molecule has 1 aromatic rings. The van der Waals surface area contributed by atoms with Crippen molar-refractivity contribution in [3.63, 3.8) is 0 Å². The highest BCUT2D eigenvalue weighted by atomic mass is 79.9. The maximum atomic E-state index is 8.90. The van der Waals surface area contributed by atoms with Crippen molar-refractivity contribution < 1.29 is 0 Å². The van der Waals surface area contributed by atoms with Gasteiger partial charge in [-0.3, -0.25) is 0 Å². The van der Waals surface area contributed by atoms with Crippen LogP contribution >= 0.6 is 15.9 Å². The lowest BCUT2D eigenvalue weighted by Crippen LogP contribution is -2.22. The average molecular weight is 308 g/mol. The van der Waals surface area contributed by atoms with Crippen LogP contribution in [0.25, 0.3) is 0 Å². The molecular weight excluding hydrogens is 290 g/mol. The summed E-state index contributed by atoms with van der Waals surface area (Å²) in [6.45, 7) is 4.65. The molecule has 1 heterocycles. The summed E-state index contributed by atoms with van der Waals surface area (Å²) in [5.74, 6) is 0. The lowest BCUT2D eigenvalue weighted by atomic mass is 10.2. The van der Waals surface area contributed by atoms with Gasteiger partial charge in [-0.25, -0.2) is 0 Å². The monoisotopic (exact) mass is 307 g/mol. The summed E-state index contributed by atoms with van der Waals surface area (Å²) in [6.07, 6.45) is 3.85. The molecule has 0 amide bonds. The van der Waals surface area contributed by atoms with E-state index in [2.05, 4.69) is 32.2 Å². The normalized spacial score (nSPS) is 15.6. The van der Waals surface area contributed by atoms with E-state index >= 15 is 0 Å². The number of benzene rings is 1. The third kappa shape index (κ3) is 4.01. The first-order chi connectivity index (χ1) is 8.78. The highest BCUT2D eigenvalue weighted by Gasteiger charge is 2.09. The van der Waals surface area contributed by atoms with E-state index in [-0.39, 0.29) is 0 Å². The summed E-state index contributed by atoms with van der Waals surface area (Å²) in [5.41, 5.74) is 1.70. The van der Waals surface area contributed by atoms with Crippen molar-refractivity contribution in [2.24, 2.45) is 0 Å². The molecule has 96 valence electrons. The molecule has 1 aliphatic rings. The van der Waals surface area contributed by atoms with Gasteiger partial charge < -0.3 is 10.2 Å². The van der Waals surface area contributed by atoms with Gasteiger partial charge in [0.2, 0.25) is 0 Å². The molecule has 0 bridgehead atoms. The molecule has 1 saturated heterocycles. The number of nitrogens with one attached hydrogen (secondary N) is 1. The molecule has 0 saturated carbocycles. The molecule has 1 aromatic carbocycles. The molecule has 0 aromatic heterocycles. The maximum Gasteiger partial charge on any atom is 0.0992 e. The number of hydrogen-bond donors (Lipinski definition) is 1. The zero-order valence-corrected chi connectivity index (χ0v) is 12.0. The van der Waals surface area contributed by atoms with Gasteiger partial charge >= 0.3 is 0 Å². The SMILES string of the molecule is N#Cc1cc(Br)cc(NCCCN2CCCC2)c1. The summed E-state index contributed by atoms with van der Waals surface area (Å²) in [5, 5.41) is 12.3. The molecule has 1 N–H and O–H groups in total. The largest absolute Gasteiger partial charge is 0.385 e. The predicted molar refractivity (Wildman–Crippen MR) is 77.6 cm³/mol.